The predicted molar refractivity (Wildman–Crippen MR) is 111 cm³/mol. The van der Waals surface area contributed by atoms with Crippen LogP contribution in [-0.4, -0.2) is 26.4 Å². The SMILES string of the molecule is c1ccc(CCN2Cc3ncnc(Nc4cnc5ccccc5c4)c3C2)cc1. The lowest BCUT2D eigenvalue weighted by Gasteiger charge is -2.14. The van der Waals surface area contributed by atoms with E-state index in [9.17, 15) is 0 Å². The number of fused-ring (bicyclic) bond motifs is 2. The molecule has 5 nitrogen and oxygen atoms in total. The highest BCUT2D eigenvalue weighted by Crippen LogP contribution is 2.28. The van der Waals surface area contributed by atoms with Gasteiger partial charge in [-0.15, -0.1) is 0 Å². The minimum absolute atomic E-state index is 0.867. The van der Waals surface area contributed by atoms with Gasteiger partial charge in [-0.1, -0.05) is 48.5 Å². The second-order valence-electron chi connectivity index (χ2n) is 7.14. The van der Waals surface area contributed by atoms with Gasteiger partial charge in [0.2, 0.25) is 0 Å². The molecule has 138 valence electrons. The van der Waals surface area contributed by atoms with Crippen LogP contribution >= 0.6 is 0 Å². The van der Waals surface area contributed by atoms with Gasteiger partial charge in [0.15, 0.2) is 0 Å². The summed E-state index contributed by atoms with van der Waals surface area (Å²) in [7, 11) is 0. The van der Waals surface area contributed by atoms with Gasteiger partial charge in [-0.05, 0) is 24.1 Å². The van der Waals surface area contributed by atoms with E-state index in [0.717, 1.165) is 54.2 Å². The highest BCUT2D eigenvalue weighted by molar-refractivity contribution is 5.82. The molecule has 2 aromatic carbocycles. The Labute approximate surface area is 164 Å². The second-order valence-corrected chi connectivity index (χ2v) is 7.14. The van der Waals surface area contributed by atoms with Crippen molar-refractivity contribution in [3.8, 4) is 0 Å². The van der Waals surface area contributed by atoms with Gasteiger partial charge in [-0.2, -0.15) is 0 Å². The van der Waals surface area contributed by atoms with E-state index in [1.54, 1.807) is 6.33 Å². The van der Waals surface area contributed by atoms with E-state index in [-0.39, 0.29) is 0 Å². The fourth-order valence-corrected chi connectivity index (χ4v) is 3.72. The van der Waals surface area contributed by atoms with Crippen LogP contribution < -0.4 is 5.32 Å². The Hall–Kier alpha value is -3.31. The van der Waals surface area contributed by atoms with Crippen molar-refractivity contribution in [1.29, 1.82) is 0 Å². The van der Waals surface area contributed by atoms with E-state index in [0.29, 0.717) is 0 Å². The van der Waals surface area contributed by atoms with Crippen molar-refractivity contribution < 1.29 is 0 Å². The lowest BCUT2D eigenvalue weighted by Crippen LogP contribution is -2.19. The van der Waals surface area contributed by atoms with E-state index in [1.165, 1.54) is 11.1 Å². The summed E-state index contributed by atoms with van der Waals surface area (Å²) in [5, 5.41) is 4.56. The van der Waals surface area contributed by atoms with Crippen LogP contribution in [0.15, 0.2) is 73.2 Å². The molecule has 1 aliphatic rings. The van der Waals surface area contributed by atoms with Crippen molar-refractivity contribution in [3.63, 3.8) is 0 Å². The van der Waals surface area contributed by atoms with Crippen LogP contribution in [0.5, 0.6) is 0 Å². The maximum Gasteiger partial charge on any atom is 0.138 e. The third-order valence-corrected chi connectivity index (χ3v) is 5.20. The lowest BCUT2D eigenvalue weighted by molar-refractivity contribution is 0.286. The summed E-state index contributed by atoms with van der Waals surface area (Å²) in [6.45, 7) is 2.75. The third-order valence-electron chi connectivity index (χ3n) is 5.20. The van der Waals surface area contributed by atoms with Crippen molar-refractivity contribution >= 4 is 22.4 Å². The molecule has 0 saturated carbocycles. The Morgan fingerprint density at radius 2 is 1.75 bits per heavy atom. The van der Waals surface area contributed by atoms with Crippen LogP contribution in [0, 0.1) is 0 Å². The predicted octanol–water partition coefficient (Wildman–Crippen LogP) is 4.33. The molecule has 5 rings (SSSR count). The molecular formula is C23H21N5. The number of nitrogens with zero attached hydrogens (tertiary/aromatic N) is 4. The summed E-state index contributed by atoms with van der Waals surface area (Å²) >= 11 is 0. The van der Waals surface area contributed by atoms with Crippen LogP contribution in [0.2, 0.25) is 0 Å². The maximum absolute atomic E-state index is 4.53. The minimum Gasteiger partial charge on any atom is -0.339 e. The van der Waals surface area contributed by atoms with Gasteiger partial charge in [0.05, 0.1) is 23.1 Å². The van der Waals surface area contributed by atoms with Crippen molar-refractivity contribution in [2.24, 2.45) is 0 Å². The van der Waals surface area contributed by atoms with E-state index >= 15 is 0 Å². The number of nitrogens with one attached hydrogen (secondary N) is 1. The van der Waals surface area contributed by atoms with Crippen molar-refractivity contribution in [2.75, 3.05) is 11.9 Å². The average Bonchev–Trinajstić information content (AvgIpc) is 3.17. The zero-order valence-electron chi connectivity index (χ0n) is 15.5. The van der Waals surface area contributed by atoms with E-state index in [2.05, 4.69) is 67.6 Å². The first kappa shape index (κ1) is 16.8. The van der Waals surface area contributed by atoms with Crippen LogP contribution in [0.4, 0.5) is 11.5 Å². The van der Waals surface area contributed by atoms with Crippen LogP contribution in [0.25, 0.3) is 10.9 Å². The minimum atomic E-state index is 0.867. The molecule has 0 saturated heterocycles. The number of hydrogen-bond donors (Lipinski definition) is 1. The van der Waals surface area contributed by atoms with Gasteiger partial charge < -0.3 is 5.32 Å². The number of aromatic nitrogens is 3. The van der Waals surface area contributed by atoms with Gasteiger partial charge in [-0.25, -0.2) is 9.97 Å². The number of anilines is 2. The topological polar surface area (TPSA) is 53.9 Å². The molecule has 2 aromatic heterocycles. The van der Waals surface area contributed by atoms with Crippen LogP contribution in [0.1, 0.15) is 16.8 Å². The van der Waals surface area contributed by atoms with Gasteiger partial charge in [0.1, 0.15) is 12.1 Å². The lowest BCUT2D eigenvalue weighted by atomic mass is 10.1. The molecule has 0 spiro atoms. The Bertz CT molecular complexity index is 1110. The number of rotatable bonds is 5. The fourth-order valence-electron chi connectivity index (χ4n) is 3.72. The molecule has 28 heavy (non-hydrogen) atoms. The molecule has 4 aromatic rings. The molecule has 0 fully saturated rings. The molecule has 0 radical (unpaired) electrons. The Kier molecular flexibility index (Phi) is 4.43. The number of pyridine rings is 1. The Balaban J connectivity index is 1.32. The number of benzene rings is 2. The summed E-state index contributed by atoms with van der Waals surface area (Å²) in [5.74, 6) is 0.879. The van der Waals surface area contributed by atoms with E-state index in [4.69, 9.17) is 0 Å². The molecular weight excluding hydrogens is 346 g/mol. The first-order valence-corrected chi connectivity index (χ1v) is 9.56. The van der Waals surface area contributed by atoms with Crippen LogP contribution in [-0.2, 0) is 19.5 Å². The summed E-state index contributed by atoms with van der Waals surface area (Å²) in [5.41, 5.74) is 5.60. The summed E-state index contributed by atoms with van der Waals surface area (Å²) in [4.78, 5) is 16.0. The maximum atomic E-state index is 4.53. The normalized spacial score (nSPS) is 13.6. The molecule has 0 unspecified atom stereocenters. The summed E-state index contributed by atoms with van der Waals surface area (Å²) < 4.78 is 0. The molecule has 0 amide bonds. The van der Waals surface area contributed by atoms with E-state index in [1.807, 2.05) is 24.4 Å². The first-order chi connectivity index (χ1) is 13.8. The molecule has 0 aliphatic carbocycles. The molecule has 0 bridgehead atoms. The van der Waals surface area contributed by atoms with E-state index < -0.39 is 0 Å². The summed E-state index contributed by atoms with van der Waals surface area (Å²) in [6, 6.07) is 20.9. The number of para-hydroxylation sites is 1. The smallest absolute Gasteiger partial charge is 0.138 e. The standard InChI is InChI=1S/C23H21N5/c1-2-6-17(7-3-1)10-11-28-14-20-22(15-28)25-16-26-23(20)27-19-12-18-8-4-5-9-21(18)24-13-19/h1-9,12-13,16H,10-11,14-15H2,(H,25,26,27). The van der Waals surface area contributed by atoms with Crippen molar-refractivity contribution in [3.05, 3.63) is 90.0 Å². The highest BCUT2D eigenvalue weighted by Gasteiger charge is 2.23. The number of hydrogen-bond acceptors (Lipinski definition) is 5. The molecule has 3 heterocycles. The summed E-state index contributed by atoms with van der Waals surface area (Å²) in [6.07, 6.45) is 4.55. The monoisotopic (exact) mass is 367 g/mol. The zero-order valence-corrected chi connectivity index (χ0v) is 15.5. The molecule has 5 heteroatoms. The van der Waals surface area contributed by atoms with Gasteiger partial charge in [0, 0.05) is 30.6 Å². The van der Waals surface area contributed by atoms with Crippen LogP contribution in [0.3, 0.4) is 0 Å². The second kappa shape index (κ2) is 7.37. The van der Waals surface area contributed by atoms with Gasteiger partial charge in [-0.3, -0.25) is 9.88 Å². The highest BCUT2D eigenvalue weighted by atomic mass is 15.2. The molecule has 1 aliphatic heterocycles. The van der Waals surface area contributed by atoms with Crippen molar-refractivity contribution in [1.82, 2.24) is 19.9 Å². The van der Waals surface area contributed by atoms with Crippen molar-refractivity contribution in [2.45, 2.75) is 19.5 Å². The quantitative estimate of drug-likeness (QED) is 0.569. The third kappa shape index (κ3) is 3.44. The molecule has 1 N–H and O–H groups in total. The Morgan fingerprint density at radius 3 is 2.68 bits per heavy atom. The zero-order chi connectivity index (χ0) is 18.8. The Morgan fingerprint density at radius 1 is 0.893 bits per heavy atom. The average molecular weight is 367 g/mol. The fraction of sp³-hybridized carbons (Fsp3) is 0.174. The first-order valence-electron chi connectivity index (χ1n) is 9.56. The van der Waals surface area contributed by atoms with Gasteiger partial charge in [0.25, 0.3) is 0 Å². The van der Waals surface area contributed by atoms with Gasteiger partial charge >= 0.3 is 0 Å². The molecule has 0 atom stereocenters. The largest absolute Gasteiger partial charge is 0.339 e.